The first-order valence-corrected chi connectivity index (χ1v) is 14.6. The number of carbonyl (C=O) groups is 2. The van der Waals surface area contributed by atoms with Crippen LogP contribution in [0.2, 0.25) is 5.02 Å². The fourth-order valence-electron chi connectivity index (χ4n) is 4.19. The number of nitrogens with one attached hydrogen (secondary N) is 1. The molecule has 0 aliphatic heterocycles. The van der Waals surface area contributed by atoms with Gasteiger partial charge >= 0.3 is 0 Å². The smallest absolute Gasteiger partial charge is 0.244 e. The molecule has 2 amide bonds. The van der Waals surface area contributed by atoms with E-state index in [0.29, 0.717) is 28.1 Å². The topological polar surface area (TPSA) is 86.8 Å². The molecule has 0 saturated heterocycles. The maximum atomic E-state index is 13.9. The van der Waals surface area contributed by atoms with Gasteiger partial charge in [0.25, 0.3) is 0 Å². The summed E-state index contributed by atoms with van der Waals surface area (Å²) in [6.07, 6.45) is 2.17. The molecule has 0 spiro atoms. The SMILES string of the molecule is CC[C@@H](C)NC(=O)[C@@H](CC)N(Cc1ccccc1Cl)C(=O)CN(c1cccc2ccccc12)S(C)(=O)=O. The Morgan fingerprint density at radius 2 is 1.59 bits per heavy atom. The van der Waals surface area contributed by atoms with Crippen molar-refractivity contribution in [3.63, 3.8) is 0 Å². The Kier molecular flexibility index (Phi) is 9.56. The van der Waals surface area contributed by atoms with Crippen molar-refractivity contribution >= 4 is 49.9 Å². The van der Waals surface area contributed by atoms with E-state index in [0.717, 1.165) is 22.4 Å². The molecular formula is C28H34ClN3O4S. The zero-order valence-electron chi connectivity index (χ0n) is 21.6. The number of fused-ring (bicyclic) bond motifs is 1. The number of hydrogen-bond donors (Lipinski definition) is 1. The normalized spacial score (nSPS) is 13.1. The highest BCUT2D eigenvalue weighted by Gasteiger charge is 2.32. The van der Waals surface area contributed by atoms with E-state index in [-0.39, 0.29) is 18.5 Å². The molecule has 0 aliphatic rings. The second kappa shape index (κ2) is 12.4. The lowest BCUT2D eigenvalue weighted by atomic mass is 10.1. The third kappa shape index (κ3) is 7.02. The maximum Gasteiger partial charge on any atom is 0.244 e. The van der Waals surface area contributed by atoms with Gasteiger partial charge in [0.15, 0.2) is 0 Å². The van der Waals surface area contributed by atoms with Gasteiger partial charge in [-0.25, -0.2) is 8.42 Å². The summed E-state index contributed by atoms with van der Waals surface area (Å²) < 4.78 is 27.0. The van der Waals surface area contributed by atoms with Crippen molar-refractivity contribution in [3.05, 3.63) is 77.3 Å². The van der Waals surface area contributed by atoms with Crippen LogP contribution in [0.15, 0.2) is 66.7 Å². The van der Waals surface area contributed by atoms with Crippen LogP contribution in [0.3, 0.4) is 0 Å². The van der Waals surface area contributed by atoms with E-state index < -0.39 is 28.5 Å². The molecule has 0 saturated carbocycles. The van der Waals surface area contributed by atoms with Crippen LogP contribution in [0.5, 0.6) is 0 Å². The molecule has 3 aromatic carbocycles. The number of halogens is 1. The molecule has 0 aliphatic carbocycles. The van der Waals surface area contributed by atoms with Crippen molar-refractivity contribution in [2.45, 2.75) is 52.2 Å². The Morgan fingerprint density at radius 3 is 2.24 bits per heavy atom. The van der Waals surface area contributed by atoms with Crippen molar-refractivity contribution < 1.29 is 18.0 Å². The largest absolute Gasteiger partial charge is 0.352 e. The molecule has 0 heterocycles. The maximum absolute atomic E-state index is 13.9. The standard InChI is InChI=1S/C28H34ClN3O4S/c1-5-20(3)30-28(34)25(6-2)31(18-22-13-8-10-16-24(22)29)27(33)19-32(37(4,35)36)26-17-11-14-21-12-7-9-15-23(21)26/h7-17,20,25H,5-6,18-19H2,1-4H3,(H,30,34)/t20-,25-/m1/s1. The van der Waals surface area contributed by atoms with Crippen LogP contribution in [0.25, 0.3) is 10.8 Å². The first-order valence-electron chi connectivity index (χ1n) is 12.4. The predicted octanol–water partition coefficient (Wildman–Crippen LogP) is 4.98. The molecule has 3 aromatic rings. The molecular weight excluding hydrogens is 510 g/mol. The zero-order chi connectivity index (χ0) is 27.2. The van der Waals surface area contributed by atoms with E-state index in [1.54, 1.807) is 30.3 Å². The average Bonchev–Trinajstić information content (AvgIpc) is 2.87. The number of benzene rings is 3. The Balaban J connectivity index is 2.03. The number of amides is 2. The molecule has 198 valence electrons. The van der Waals surface area contributed by atoms with Gasteiger partial charge in [0, 0.05) is 23.0 Å². The highest BCUT2D eigenvalue weighted by molar-refractivity contribution is 7.92. The summed E-state index contributed by atoms with van der Waals surface area (Å²) in [4.78, 5) is 28.5. The van der Waals surface area contributed by atoms with Crippen LogP contribution in [-0.2, 0) is 26.2 Å². The molecule has 37 heavy (non-hydrogen) atoms. The Morgan fingerprint density at radius 1 is 0.946 bits per heavy atom. The van der Waals surface area contributed by atoms with Crippen LogP contribution < -0.4 is 9.62 Å². The van der Waals surface area contributed by atoms with Crippen LogP contribution in [0.4, 0.5) is 5.69 Å². The van der Waals surface area contributed by atoms with Gasteiger partial charge in [-0.1, -0.05) is 80.0 Å². The number of hydrogen-bond acceptors (Lipinski definition) is 4. The predicted molar refractivity (Wildman–Crippen MR) is 150 cm³/mol. The van der Waals surface area contributed by atoms with Gasteiger partial charge in [0.2, 0.25) is 21.8 Å². The third-order valence-electron chi connectivity index (χ3n) is 6.40. The molecule has 0 bridgehead atoms. The van der Waals surface area contributed by atoms with Gasteiger partial charge in [-0.3, -0.25) is 13.9 Å². The minimum absolute atomic E-state index is 0.0675. The monoisotopic (exact) mass is 543 g/mol. The van der Waals surface area contributed by atoms with Gasteiger partial charge in [-0.2, -0.15) is 0 Å². The van der Waals surface area contributed by atoms with Crippen LogP contribution >= 0.6 is 11.6 Å². The lowest BCUT2D eigenvalue weighted by Crippen LogP contribution is -2.53. The van der Waals surface area contributed by atoms with Gasteiger partial charge in [-0.05, 0) is 42.8 Å². The van der Waals surface area contributed by atoms with E-state index in [1.807, 2.05) is 57.2 Å². The van der Waals surface area contributed by atoms with Crippen molar-refractivity contribution in [2.75, 3.05) is 17.1 Å². The number of sulfonamides is 1. The van der Waals surface area contributed by atoms with E-state index in [9.17, 15) is 18.0 Å². The van der Waals surface area contributed by atoms with Crippen molar-refractivity contribution in [3.8, 4) is 0 Å². The van der Waals surface area contributed by atoms with E-state index >= 15 is 0 Å². The summed E-state index contributed by atoms with van der Waals surface area (Å²) in [6.45, 7) is 5.30. The molecule has 3 rings (SSSR count). The molecule has 0 aromatic heterocycles. The van der Waals surface area contributed by atoms with E-state index in [4.69, 9.17) is 11.6 Å². The fraction of sp³-hybridized carbons (Fsp3) is 0.357. The summed E-state index contributed by atoms with van der Waals surface area (Å²) in [5, 5.41) is 4.99. The second-order valence-corrected chi connectivity index (χ2v) is 11.4. The first-order chi connectivity index (χ1) is 17.6. The Labute approximate surface area is 224 Å². The average molecular weight is 544 g/mol. The number of nitrogens with zero attached hydrogens (tertiary/aromatic N) is 2. The quantitative estimate of drug-likeness (QED) is 0.369. The number of anilines is 1. The molecule has 0 fully saturated rings. The van der Waals surface area contributed by atoms with Crippen LogP contribution in [-0.4, -0.2) is 50.0 Å². The summed E-state index contributed by atoms with van der Waals surface area (Å²) >= 11 is 6.40. The third-order valence-corrected chi connectivity index (χ3v) is 7.90. The van der Waals surface area contributed by atoms with E-state index in [1.165, 1.54) is 4.90 Å². The van der Waals surface area contributed by atoms with Gasteiger partial charge in [0.1, 0.15) is 12.6 Å². The molecule has 1 N–H and O–H groups in total. The summed E-state index contributed by atoms with van der Waals surface area (Å²) in [5.74, 6) is -0.780. The Hall–Kier alpha value is -3.10. The van der Waals surface area contributed by atoms with Crippen molar-refractivity contribution in [2.24, 2.45) is 0 Å². The lowest BCUT2D eigenvalue weighted by Gasteiger charge is -2.33. The van der Waals surface area contributed by atoms with Gasteiger partial charge in [-0.15, -0.1) is 0 Å². The zero-order valence-corrected chi connectivity index (χ0v) is 23.2. The summed E-state index contributed by atoms with van der Waals surface area (Å²) in [7, 11) is -3.84. The summed E-state index contributed by atoms with van der Waals surface area (Å²) in [5.41, 5.74) is 1.08. The van der Waals surface area contributed by atoms with Crippen molar-refractivity contribution in [1.29, 1.82) is 0 Å². The molecule has 7 nitrogen and oxygen atoms in total. The molecule has 0 radical (unpaired) electrons. The van der Waals surface area contributed by atoms with Crippen LogP contribution in [0.1, 0.15) is 39.2 Å². The van der Waals surface area contributed by atoms with Gasteiger partial charge in [0.05, 0.1) is 11.9 Å². The lowest BCUT2D eigenvalue weighted by molar-refractivity contribution is -0.140. The fourth-order valence-corrected chi connectivity index (χ4v) is 5.25. The molecule has 2 atom stereocenters. The van der Waals surface area contributed by atoms with Crippen LogP contribution in [0, 0.1) is 0 Å². The number of rotatable bonds is 11. The van der Waals surface area contributed by atoms with Gasteiger partial charge < -0.3 is 10.2 Å². The molecule has 9 heteroatoms. The minimum atomic E-state index is -3.84. The highest BCUT2D eigenvalue weighted by Crippen LogP contribution is 2.29. The summed E-state index contributed by atoms with van der Waals surface area (Å²) in [6, 6.07) is 19.0. The number of carbonyl (C=O) groups excluding carboxylic acids is 2. The molecule has 0 unspecified atom stereocenters. The first kappa shape index (κ1) is 28.5. The second-order valence-electron chi connectivity index (χ2n) is 9.12. The van der Waals surface area contributed by atoms with Crippen molar-refractivity contribution in [1.82, 2.24) is 10.2 Å². The minimum Gasteiger partial charge on any atom is -0.352 e. The van der Waals surface area contributed by atoms with E-state index in [2.05, 4.69) is 5.32 Å². The highest BCUT2D eigenvalue weighted by atomic mass is 35.5. The Bertz CT molecular complexity index is 1360.